The normalized spacial score (nSPS) is 11.4. The smallest absolute Gasteiger partial charge is 0.193 e. The number of anilines is 1. The van der Waals surface area contributed by atoms with E-state index in [0.717, 1.165) is 10.2 Å². The van der Waals surface area contributed by atoms with Gasteiger partial charge in [0.25, 0.3) is 0 Å². The molecule has 0 radical (unpaired) electrons. The van der Waals surface area contributed by atoms with Crippen LogP contribution < -0.4 is 11.1 Å². The summed E-state index contributed by atoms with van der Waals surface area (Å²) >= 11 is 3.45. The number of nitrogens with one attached hydrogen (secondary N) is 1. The van der Waals surface area contributed by atoms with Gasteiger partial charge < -0.3 is 11.1 Å². The van der Waals surface area contributed by atoms with Crippen LogP contribution in [0.5, 0.6) is 0 Å². The third kappa shape index (κ3) is 4.10. The van der Waals surface area contributed by atoms with E-state index in [-0.39, 0.29) is 0 Å². The van der Waals surface area contributed by atoms with Crippen LogP contribution in [0.3, 0.4) is 0 Å². The standard InChI is InChI=1S/C16H18BrN3/c1-11-4-3-5-15(8-11)20-16(18)19-10-13-6-7-14(17)9-12(13)2/h3-9H,10H2,1-2H3,(H3,18,19,20). The molecule has 0 aliphatic carbocycles. The molecular weight excluding hydrogens is 314 g/mol. The molecule has 2 rings (SSSR count). The van der Waals surface area contributed by atoms with Crippen LogP contribution >= 0.6 is 15.9 Å². The molecule has 0 aliphatic rings. The molecule has 0 amide bonds. The van der Waals surface area contributed by atoms with Crippen molar-refractivity contribution in [1.82, 2.24) is 0 Å². The summed E-state index contributed by atoms with van der Waals surface area (Å²) < 4.78 is 1.08. The molecule has 0 bridgehead atoms. The number of aryl methyl sites for hydroxylation is 2. The molecule has 104 valence electrons. The molecule has 2 aromatic rings. The quantitative estimate of drug-likeness (QED) is 0.659. The molecule has 4 heteroatoms. The monoisotopic (exact) mass is 331 g/mol. The molecule has 0 aliphatic heterocycles. The van der Waals surface area contributed by atoms with Gasteiger partial charge in [-0.05, 0) is 54.8 Å². The van der Waals surface area contributed by atoms with Crippen molar-refractivity contribution < 1.29 is 0 Å². The Labute approximate surface area is 128 Å². The van der Waals surface area contributed by atoms with E-state index in [1.807, 2.05) is 37.3 Å². The fourth-order valence-corrected chi connectivity index (χ4v) is 2.39. The summed E-state index contributed by atoms with van der Waals surface area (Å²) in [5, 5.41) is 3.10. The van der Waals surface area contributed by atoms with Gasteiger partial charge in [0.1, 0.15) is 0 Å². The van der Waals surface area contributed by atoms with Crippen molar-refractivity contribution in [3.05, 3.63) is 63.6 Å². The Bertz CT molecular complexity index is 635. The minimum absolute atomic E-state index is 0.429. The van der Waals surface area contributed by atoms with E-state index in [0.29, 0.717) is 12.5 Å². The van der Waals surface area contributed by atoms with E-state index in [1.165, 1.54) is 16.7 Å². The van der Waals surface area contributed by atoms with Crippen molar-refractivity contribution in [2.24, 2.45) is 10.7 Å². The van der Waals surface area contributed by atoms with Crippen LogP contribution in [0.15, 0.2) is 51.9 Å². The number of halogens is 1. The van der Waals surface area contributed by atoms with Gasteiger partial charge in [0.2, 0.25) is 0 Å². The number of nitrogens with two attached hydrogens (primary N) is 1. The molecular formula is C16H18BrN3. The first kappa shape index (κ1) is 14.6. The van der Waals surface area contributed by atoms with Crippen LogP contribution in [0.2, 0.25) is 0 Å². The van der Waals surface area contributed by atoms with Gasteiger partial charge in [0.15, 0.2) is 5.96 Å². The molecule has 0 spiro atoms. The SMILES string of the molecule is Cc1cccc(NC(N)=NCc2ccc(Br)cc2C)c1. The van der Waals surface area contributed by atoms with Crippen LogP contribution in [0.25, 0.3) is 0 Å². The lowest BCUT2D eigenvalue weighted by molar-refractivity contribution is 1.04. The second-order valence-corrected chi connectivity index (χ2v) is 5.68. The molecule has 3 nitrogen and oxygen atoms in total. The zero-order valence-electron chi connectivity index (χ0n) is 11.7. The van der Waals surface area contributed by atoms with Crippen molar-refractivity contribution in [2.45, 2.75) is 20.4 Å². The van der Waals surface area contributed by atoms with Gasteiger partial charge in [-0.15, -0.1) is 0 Å². The number of guanidine groups is 1. The van der Waals surface area contributed by atoms with Crippen LogP contribution in [-0.2, 0) is 6.54 Å². The Morgan fingerprint density at radius 3 is 2.70 bits per heavy atom. The summed E-state index contributed by atoms with van der Waals surface area (Å²) in [5.41, 5.74) is 10.4. The molecule has 2 aromatic carbocycles. The van der Waals surface area contributed by atoms with Gasteiger partial charge in [-0.1, -0.05) is 34.1 Å². The van der Waals surface area contributed by atoms with Crippen LogP contribution in [-0.4, -0.2) is 5.96 Å². The first-order chi connectivity index (χ1) is 9.54. The second-order valence-electron chi connectivity index (χ2n) is 4.77. The van der Waals surface area contributed by atoms with E-state index in [9.17, 15) is 0 Å². The molecule has 0 atom stereocenters. The second kappa shape index (κ2) is 6.57. The summed E-state index contributed by atoms with van der Waals surface area (Å²) in [7, 11) is 0. The highest BCUT2D eigenvalue weighted by Crippen LogP contribution is 2.16. The van der Waals surface area contributed by atoms with Gasteiger partial charge in [-0.2, -0.15) is 0 Å². The van der Waals surface area contributed by atoms with Gasteiger partial charge in [0, 0.05) is 10.2 Å². The van der Waals surface area contributed by atoms with Gasteiger partial charge in [-0.25, -0.2) is 4.99 Å². The van der Waals surface area contributed by atoms with E-state index in [4.69, 9.17) is 5.73 Å². The molecule has 0 fully saturated rings. The Hall–Kier alpha value is -1.81. The maximum absolute atomic E-state index is 5.91. The average Bonchev–Trinajstić information content (AvgIpc) is 2.37. The summed E-state index contributed by atoms with van der Waals surface area (Å²) in [6.45, 7) is 4.69. The molecule has 0 unspecified atom stereocenters. The topological polar surface area (TPSA) is 50.4 Å². The lowest BCUT2D eigenvalue weighted by atomic mass is 10.1. The van der Waals surface area contributed by atoms with E-state index < -0.39 is 0 Å². The third-order valence-corrected chi connectivity index (χ3v) is 3.51. The van der Waals surface area contributed by atoms with Crippen LogP contribution in [0, 0.1) is 13.8 Å². The van der Waals surface area contributed by atoms with Crippen molar-refractivity contribution in [2.75, 3.05) is 5.32 Å². The number of hydrogen-bond donors (Lipinski definition) is 2. The number of aliphatic imine (C=N–C) groups is 1. The molecule has 0 saturated carbocycles. The van der Waals surface area contributed by atoms with Crippen LogP contribution in [0.1, 0.15) is 16.7 Å². The molecule has 0 saturated heterocycles. The van der Waals surface area contributed by atoms with E-state index in [1.54, 1.807) is 0 Å². The van der Waals surface area contributed by atoms with E-state index >= 15 is 0 Å². The Balaban J connectivity index is 2.04. The van der Waals surface area contributed by atoms with E-state index in [2.05, 4.69) is 45.3 Å². The highest BCUT2D eigenvalue weighted by Gasteiger charge is 1.99. The zero-order chi connectivity index (χ0) is 14.5. The van der Waals surface area contributed by atoms with Gasteiger partial charge in [-0.3, -0.25) is 0 Å². The first-order valence-electron chi connectivity index (χ1n) is 6.43. The number of hydrogen-bond acceptors (Lipinski definition) is 1. The fraction of sp³-hybridized carbons (Fsp3) is 0.188. The summed E-state index contributed by atoms with van der Waals surface area (Å²) in [6.07, 6.45) is 0. The number of rotatable bonds is 3. The Kier molecular flexibility index (Phi) is 4.79. The van der Waals surface area contributed by atoms with Crippen molar-refractivity contribution in [3.63, 3.8) is 0 Å². The minimum atomic E-state index is 0.429. The number of nitrogens with zero attached hydrogens (tertiary/aromatic N) is 1. The van der Waals surface area contributed by atoms with Crippen molar-refractivity contribution >= 4 is 27.6 Å². The highest BCUT2D eigenvalue weighted by atomic mass is 79.9. The van der Waals surface area contributed by atoms with Crippen molar-refractivity contribution in [1.29, 1.82) is 0 Å². The van der Waals surface area contributed by atoms with Gasteiger partial charge >= 0.3 is 0 Å². The molecule has 0 heterocycles. The predicted molar refractivity (Wildman–Crippen MR) is 89.0 cm³/mol. The first-order valence-corrected chi connectivity index (χ1v) is 7.22. The predicted octanol–water partition coefficient (Wildman–Crippen LogP) is 3.99. The van der Waals surface area contributed by atoms with Crippen molar-refractivity contribution in [3.8, 4) is 0 Å². The molecule has 3 N–H and O–H groups in total. The summed E-state index contributed by atoms with van der Waals surface area (Å²) in [6, 6.07) is 14.2. The minimum Gasteiger partial charge on any atom is -0.370 e. The fourth-order valence-electron chi connectivity index (χ4n) is 1.92. The summed E-state index contributed by atoms with van der Waals surface area (Å²) in [5.74, 6) is 0.429. The third-order valence-electron chi connectivity index (χ3n) is 3.01. The average molecular weight is 332 g/mol. The Morgan fingerprint density at radius 2 is 2.00 bits per heavy atom. The lowest BCUT2D eigenvalue weighted by Gasteiger charge is -2.07. The highest BCUT2D eigenvalue weighted by molar-refractivity contribution is 9.10. The lowest BCUT2D eigenvalue weighted by Crippen LogP contribution is -2.22. The molecule has 20 heavy (non-hydrogen) atoms. The summed E-state index contributed by atoms with van der Waals surface area (Å²) in [4.78, 5) is 4.38. The van der Waals surface area contributed by atoms with Crippen LogP contribution in [0.4, 0.5) is 5.69 Å². The molecule has 0 aromatic heterocycles. The Morgan fingerprint density at radius 1 is 1.20 bits per heavy atom. The maximum Gasteiger partial charge on any atom is 0.193 e. The zero-order valence-corrected chi connectivity index (χ0v) is 13.2. The number of benzene rings is 2. The van der Waals surface area contributed by atoms with Gasteiger partial charge in [0.05, 0.1) is 6.54 Å². The largest absolute Gasteiger partial charge is 0.370 e. The maximum atomic E-state index is 5.91.